The van der Waals surface area contributed by atoms with Crippen molar-refractivity contribution < 1.29 is 14.3 Å². The summed E-state index contributed by atoms with van der Waals surface area (Å²) >= 11 is 0. The van der Waals surface area contributed by atoms with E-state index in [0.717, 1.165) is 54.2 Å². The average molecular weight is 407 g/mol. The van der Waals surface area contributed by atoms with Crippen LogP contribution in [0.4, 0.5) is 0 Å². The molecule has 5 heteroatoms. The number of carbonyl (C=O) groups is 1. The maximum Gasteiger partial charge on any atom is 0.228 e. The van der Waals surface area contributed by atoms with Crippen LogP contribution in [0.15, 0.2) is 41.7 Å². The summed E-state index contributed by atoms with van der Waals surface area (Å²) in [5, 5.41) is 0. The van der Waals surface area contributed by atoms with Crippen molar-refractivity contribution in [2.45, 2.75) is 25.7 Å². The molecule has 2 saturated heterocycles. The second-order valence-electron chi connectivity index (χ2n) is 8.54. The molecule has 0 aromatic heterocycles. The topological polar surface area (TPSA) is 42.0 Å². The van der Waals surface area contributed by atoms with E-state index in [9.17, 15) is 4.79 Å². The molecule has 0 amide bonds. The number of ketones is 1. The second-order valence-corrected chi connectivity index (χ2v) is 8.54. The van der Waals surface area contributed by atoms with Crippen LogP contribution in [0.2, 0.25) is 0 Å². The van der Waals surface area contributed by atoms with Crippen LogP contribution in [0.25, 0.3) is 11.6 Å². The van der Waals surface area contributed by atoms with E-state index in [1.165, 1.54) is 38.8 Å². The predicted octanol–water partition coefficient (Wildman–Crippen LogP) is 3.52. The lowest BCUT2D eigenvalue weighted by atomic mass is 9.95. The highest BCUT2D eigenvalue weighted by molar-refractivity contribution is 6.25. The Labute approximate surface area is 178 Å². The molecule has 0 radical (unpaired) electrons. The van der Waals surface area contributed by atoms with E-state index in [0.29, 0.717) is 19.0 Å². The van der Waals surface area contributed by atoms with Crippen LogP contribution in [0.1, 0.15) is 36.8 Å². The number of fused-ring (bicyclic) bond motifs is 3. The highest BCUT2D eigenvalue weighted by Crippen LogP contribution is 2.40. The largest absolute Gasteiger partial charge is 0.492 e. The third kappa shape index (κ3) is 4.09. The molecular formula is C25H30N2O3. The van der Waals surface area contributed by atoms with Crippen molar-refractivity contribution in [2.24, 2.45) is 0 Å². The average Bonchev–Trinajstić information content (AvgIpc) is 3.51. The van der Waals surface area contributed by atoms with Crippen LogP contribution in [-0.4, -0.2) is 68.1 Å². The van der Waals surface area contributed by atoms with Crippen LogP contribution < -0.4 is 4.74 Å². The maximum atomic E-state index is 13.0. The van der Waals surface area contributed by atoms with Gasteiger partial charge in [0.15, 0.2) is 5.76 Å². The molecule has 0 unspecified atom stereocenters. The zero-order valence-electron chi connectivity index (χ0n) is 17.6. The van der Waals surface area contributed by atoms with Gasteiger partial charge in [-0.15, -0.1) is 0 Å². The highest BCUT2D eigenvalue weighted by Gasteiger charge is 2.30. The molecule has 1 aromatic rings. The molecule has 0 saturated carbocycles. The van der Waals surface area contributed by atoms with Crippen LogP contribution in [0, 0.1) is 0 Å². The molecule has 30 heavy (non-hydrogen) atoms. The van der Waals surface area contributed by atoms with Gasteiger partial charge in [-0.25, -0.2) is 0 Å². The molecule has 0 atom stereocenters. The van der Waals surface area contributed by atoms with Gasteiger partial charge in [0.25, 0.3) is 0 Å². The van der Waals surface area contributed by atoms with Crippen LogP contribution in [0.3, 0.4) is 0 Å². The van der Waals surface area contributed by atoms with Crippen molar-refractivity contribution in [3.63, 3.8) is 0 Å². The smallest absolute Gasteiger partial charge is 0.228 e. The molecule has 2 heterocycles. The summed E-state index contributed by atoms with van der Waals surface area (Å²) in [6, 6.07) is 6.12. The van der Waals surface area contributed by atoms with E-state index in [1.807, 2.05) is 30.4 Å². The van der Waals surface area contributed by atoms with Gasteiger partial charge in [0, 0.05) is 18.7 Å². The summed E-state index contributed by atoms with van der Waals surface area (Å²) in [5.41, 5.74) is 3.87. The number of ether oxygens (including phenoxy) is 2. The fourth-order valence-electron chi connectivity index (χ4n) is 4.81. The molecule has 5 nitrogen and oxygen atoms in total. The normalized spacial score (nSPS) is 21.2. The molecule has 0 bridgehead atoms. The van der Waals surface area contributed by atoms with Crippen molar-refractivity contribution >= 4 is 17.4 Å². The van der Waals surface area contributed by atoms with Gasteiger partial charge in [0.05, 0.1) is 0 Å². The minimum absolute atomic E-state index is 0.0124. The minimum Gasteiger partial charge on any atom is -0.492 e. The zero-order chi connectivity index (χ0) is 20.3. The molecule has 158 valence electrons. The van der Waals surface area contributed by atoms with Crippen molar-refractivity contribution in [3.05, 3.63) is 52.8 Å². The summed E-state index contributed by atoms with van der Waals surface area (Å²) < 4.78 is 11.8. The molecule has 0 N–H and O–H groups in total. The Hall–Kier alpha value is -2.37. The molecule has 2 aliphatic heterocycles. The Bertz CT molecular complexity index is 903. The van der Waals surface area contributed by atoms with Gasteiger partial charge in [-0.05, 0) is 98.9 Å². The molecule has 2 aliphatic carbocycles. The third-order valence-corrected chi connectivity index (χ3v) is 6.51. The van der Waals surface area contributed by atoms with E-state index in [2.05, 4.69) is 15.9 Å². The van der Waals surface area contributed by atoms with E-state index >= 15 is 0 Å². The van der Waals surface area contributed by atoms with Crippen LogP contribution in [-0.2, 0) is 9.53 Å². The Morgan fingerprint density at radius 1 is 0.800 bits per heavy atom. The lowest BCUT2D eigenvalue weighted by Gasteiger charge is -2.18. The Morgan fingerprint density at radius 2 is 1.47 bits per heavy atom. The first kappa shape index (κ1) is 19.6. The second kappa shape index (κ2) is 8.78. The van der Waals surface area contributed by atoms with Gasteiger partial charge in [-0.2, -0.15) is 0 Å². The van der Waals surface area contributed by atoms with E-state index < -0.39 is 0 Å². The summed E-state index contributed by atoms with van der Waals surface area (Å²) in [6.07, 6.45) is 11.0. The third-order valence-electron chi connectivity index (χ3n) is 6.51. The number of rotatable bonds is 8. The minimum atomic E-state index is -0.0124. The zero-order valence-corrected chi connectivity index (χ0v) is 17.6. The van der Waals surface area contributed by atoms with Crippen molar-refractivity contribution in [1.29, 1.82) is 0 Å². The summed E-state index contributed by atoms with van der Waals surface area (Å²) in [7, 11) is 0. The van der Waals surface area contributed by atoms with E-state index in [-0.39, 0.29) is 5.78 Å². The van der Waals surface area contributed by atoms with E-state index in [4.69, 9.17) is 9.47 Å². The Balaban J connectivity index is 1.20. The van der Waals surface area contributed by atoms with Crippen molar-refractivity contribution in [2.75, 3.05) is 52.5 Å². The lowest BCUT2D eigenvalue weighted by Crippen LogP contribution is -2.25. The van der Waals surface area contributed by atoms with Gasteiger partial charge in [-0.3, -0.25) is 14.6 Å². The number of benzene rings is 1. The SMILES string of the molecule is O=C1C(OCCN2CCCC2)=CC=C2C1=Cc1cc(OCCN3CCCC3)ccc12. The quantitative estimate of drug-likeness (QED) is 0.661. The molecule has 2 fully saturated rings. The standard InChI is InChI=1S/C25H30N2O3/c28-25-23-18-19-17-20(29-15-13-26-9-1-2-10-26)5-6-21(19)22(23)7-8-24(25)30-16-14-27-11-3-4-12-27/h5-8,17-18H,1-4,9-16H2. The Morgan fingerprint density at radius 3 is 2.17 bits per heavy atom. The number of hydrogen-bond acceptors (Lipinski definition) is 5. The van der Waals surface area contributed by atoms with Crippen molar-refractivity contribution in [1.82, 2.24) is 9.80 Å². The molecular weight excluding hydrogens is 376 g/mol. The maximum absolute atomic E-state index is 13.0. The predicted molar refractivity (Wildman–Crippen MR) is 118 cm³/mol. The lowest BCUT2D eigenvalue weighted by molar-refractivity contribution is -0.115. The van der Waals surface area contributed by atoms with Gasteiger partial charge in [-0.1, -0.05) is 6.07 Å². The summed E-state index contributed by atoms with van der Waals surface area (Å²) in [4.78, 5) is 17.8. The fourth-order valence-corrected chi connectivity index (χ4v) is 4.81. The van der Waals surface area contributed by atoms with E-state index in [1.54, 1.807) is 0 Å². The van der Waals surface area contributed by atoms with Crippen molar-refractivity contribution in [3.8, 4) is 5.75 Å². The summed E-state index contributed by atoms with van der Waals surface area (Å²) in [6.45, 7) is 7.79. The molecule has 5 rings (SSSR count). The highest BCUT2D eigenvalue weighted by atomic mass is 16.5. The first-order valence-corrected chi connectivity index (χ1v) is 11.3. The van der Waals surface area contributed by atoms with Gasteiger partial charge >= 0.3 is 0 Å². The van der Waals surface area contributed by atoms with Crippen LogP contribution in [0.5, 0.6) is 5.75 Å². The Kier molecular flexibility index (Phi) is 5.73. The number of allylic oxidation sites excluding steroid dienone is 4. The first-order chi connectivity index (χ1) is 14.8. The number of carbonyl (C=O) groups excluding carboxylic acids is 1. The fraction of sp³-hybridized carbons (Fsp3) is 0.480. The van der Waals surface area contributed by atoms with Gasteiger partial charge < -0.3 is 9.47 Å². The van der Waals surface area contributed by atoms with Gasteiger partial charge in [0.2, 0.25) is 5.78 Å². The number of Topliss-reactive ketones (excluding diaryl/α,β-unsaturated/α-hetero) is 1. The monoisotopic (exact) mass is 406 g/mol. The first-order valence-electron chi connectivity index (χ1n) is 11.3. The number of likely N-dealkylation sites (tertiary alicyclic amines) is 2. The molecule has 4 aliphatic rings. The molecule has 1 aromatic carbocycles. The molecule has 0 spiro atoms. The number of hydrogen-bond donors (Lipinski definition) is 0. The van der Waals surface area contributed by atoms with Gasteiger partial charge in [0.1, 0.15) is 19.0 Å². The summed E-state index contributed by atoms with van der Waals surface area (Å²) in [5.74, 6) is 1.31. The number of nitrogens with zero attached hydrogens (tertiary/aromatic N) is 2. The van der Waals surface area contributed by atoms with Crippen LogP contribution >= 0.6 is 0 Å².